The van der Waals surface area contributed by atoms with Gasteiger partial charge in [-0.15, -0.1) is 0 Å². The largest absolute Gasteiger partial charge is 0.481 e. The van der Waals surface area contributed by atoms with Crippen molar-refractivity contribution in [2.75, 3.05) is 20.2 Å². The molecular weight excluding hydrogens is 333 g/mol. The van der Waals surface area contributed by atoms with Crippen LogP contribution in [-0.4, -0.2) is 41.0 Å². The Hall–Kier alpha value is -2.21. The fraction of sp³-hybridized carbons (Fsp3) is 0.353. The predicted octanol–water partition coefficient (Wildman–Crippen LogP) is 3.24. The molecule has 0 aliphatic carbocycles. The van der Waals surface area contributed by atoms with E-state index in [0.29, 0.717) is 29.6 Å². The van der Waals surface area contributed by atoms with Crippen molar-refractivity contribution in [2.45, 2.75) is 18.5 Å². The summed E-state index contributed by atoms with van der Waals surface area (Å²) in [5.74, 6) is 0.0835. The minimum atomic E-state index is -1.44. The summed E-state index contributed by atoms with van der Waals surface area (Å²) in [5, 5.41) is 0.577. The van der Waals surface area contributed by atoms with E-state index in [0.717, 1.165) is 0 Å². The lowest BCUT2D eigenvalue weighted by atomic mass is 9.86. The molecule has 2 heterocycles. The van der Waals surface area contributed by atoms with Crippen LogP contribution in [0.4, 0.5) is 4.39 Å². The number of hydrogen-bond acceptors (Lipinski definition) is 4. The SMILES string of the molecule is COc1cc(C(=O)N2CCC(F)(c3ccc(Cl)cc3)CC2)ncn1. The standard InChI is InChI=1S/C17H17ClFN3O2/c1-24-15-10-14(20-11-21-15)16(23)22-8-6-17(19,7-9-22)12-2-4-13(18)5-3-12/h2-5,10-11H,6-9H2,1H3. The molecule has 1 aromatic heterocycles. The molecule has 0 N–H and O–H groups in total. The number of benzene rings is 1. The Morgan fingerprint density at radius 2 is 1.92 bits per heavy atom. The van der Waals surface area contributed by atoms with Crippen LogP contribution in [-0.2, 0) is 5.67 Å². The van der Waals surface area contributed by atoms with Crippen LogP contribution in [0.2, 0.25) is 5.02 Å². The monoisotopic (exact) mass is 349 g/mol. The Labute approximate surface area is 144 Å². The van der Waals surface area contributed by atoms with Crippen molar-refractivity contribution in [3.05, 3.63) is 52.9 Å². The second-order valence-corrected chi connectivity index (χ2v) is 6.15. The number of aromatic nitrogens is 2. The molecule has 1 aliphatic rings. The maximum Gasteiger partial charge on any atom is 0.272 e. The number of carbonyl (C=O) groups is 1. The molecule has 5 nitrogen and oxygen atoms in total. The van der Waals surface area contributed by atoms with Gasteiger partial charge in [0.25, 0.3) is 5.91 Å². The van der Waals surface area contributed by atoms with Crippen molar-refractivity contribution in [2.24, 2.45) is 0 Å². The van der Waals surface area contributed by atoms with Crippen molar-refractivity contribution in [3.8, 4) is 5.88 Å². The number of piperidine rings is 1. The number of nitrogens with zero attached hydrogens (tertiary/aromatic N) is 3. The van der Waals surface area contributed by atoms with E-state index in [1.54, 1.807) is 29.2 Å². The van der Waals surface area contributed by atoms with Gasteiger partial charge >= 0.3 is 0 Å². The van der Waals surface area contributed by atoms with Gasteiger partial charge < -0.3 is 9.64 Å². The van der Waals surface area contributed by atoms with Crippen LogP contribution >= 0.6 is 11.6 Å². The zero-order valence-corrected chi connectivity index (χ0v) is 14.0. The van der Waals surface area contributed by atoms with Crippen molar-refractivity contribution in [1.82, 2.24) is 14.9 Å². The van der Waals surface area contributed by atoms with Gasteiger partial charge in [-0.2, -0.15) is 0 Å². The number of rotatable bonds is 3. The highest BCUT2D eigenvalue weighted by Crippen LogP contribution is 2.37. The molecule has 7 heteroatoms. The van der Waals surface area contributed by atoms with Crippen LogP contribution in [0.3, 0.4) is 0 Å². The van der Waals surface area contributed by atoms with Crippen LogP contribution in [0.5, 0.6) is 5.88 Å². The molecule has 3 rings (SSSR count). The first-order valence-corrected chi connectivity index (χ1v) is 8.00. The molecule has 1 aromatic carbocycles. The van der Waals surface area contributed by atoms with Crippen molar-refractivity contribution < 1.29 is 13.9 Å². The first kappa shape index (κ1) is 16.6. The van der Waals surface area contributed by atoms with Crippen LogP contribution in [0.1, 0.15) is 28.9 Å². The fourth-order valence-electron chi connectivity index (χ4n) is 2.83. The highest BCUT2D eigenvalue weighted by atomic mass is 35.5. The Balaban J connectivity index is 1.70. The minimum Gasteiger partial charge on any atom is -0.481 e. The highest BCUT2D eigenvalue weighted by Gasteiger charge is 2.37. The van der Waals surface area contributed by atoms with Gasteiger partial charge in [-0.1, -0.05) is 23.7 Å². The molecule has 1 fully saturated rings. The van der Waals surface area contributed by atoms with Crippen LogP contribution in [0, 0.1) is 0 Å². The van der Waals surface area contributed by atoms with Crippen molar-refractivity contribution in [1.29, 1.82) is 0 Å². The van der Waals surface area contributed by atoms with E-state index in [2.05, 4.69) is 9.97 Å². The van der Waals surface area contributed by atoms with Crippen molar-refractivity contribution in [3.63, 3.8) is 0 Å². The molecular formula is C17H17ClFN3O2. The van der Waals surface area contributed by atoms with E-state index >= 15 is 4.39 Å². The van der Waals surface area contributed by atoms with E-state index in [9.17, 15) is 4.79 Å². The van der Waals surface area contributed by atoms with Gasteiger partial charge in [0, 0.05) is 37.0 Å². The van der Waals surface area contributed by atoms with E-state index < -0.39 is 5.67 Å². The molecule has 0 spiro atoms. The van der Waals surface area contributed by atoms with Crippen molar-refractivity contribution >= 4 is 17.5 Å². The normalized spacial score (nSPS) is 16.7. The van der Waals surface area contributed by atoms with Crippen LogP contribution in [0.15, 0.2) is 36.7 Å². The quantitative estimate of drug-likeness (QED) is 0.853. The molecule has 1 saturated heterocycles. The summed E-state index contributed by atoms with van der Waals surface area (Å²) in [6.07, 6.45) is 1.76. The summed E-state index contributed by atoms with van der Waals surface area (Å²) >= 11 is 5.86. The smallest absolute Gasteiger partial charge is 0.272 e. The predicted molar refractivity (Wildman–Crippen MR) is 88.0 cm³/mol. The number of likely N-dealkylation sites (tertiary alicyclic amines) is 1. The molecule has 0 radical (unpaired) electrons. The van der Waals surface area contributed by atoms with E-state index in [4.69, 9.17) is 16.3 Å². The zero-order chi connectivity index (χ0) is 17.2. The summed E-state index contributed by atoms with van der Waals surface area (Å²) < 4.78 is 20.2. The number of halogens is 2. The van der Waals surface area contributed by atoms with Gasteiger partial charge in [0.2, 0.25) is 5.88 Å². The van der Waals surface area contributed by atoms with Crippen LogP contribution in [0.25, 0.3) is 0 Å². The third kappa shape index (κ3) is 3.33. The molecule has 0 bridgehead atoms. The van der Waals surface area contributed by atoms with E-state index in [1.165, 1.54) is 19.5 Å². The molecule has 24 heavy (non-hydrogen) atoms. The third-order valence-electron chi connectivity index (χ3n) is 4.28. The second-order valence-electron chi connectivity index (χ2n) is 5.71. The Morgan fingerprint density at radius 1 is 1.25 bits per heavy atom. The Kier molecular flexibility index (Phi) is 4.66. The number of alkyl halides is 1. The average Bonchev–Trinajstić information content (AvgIpc) is 2.62. The number of hydrogen-bond donors (Lipinski definition) is 0. The summed E-state index contributed by atoms with van der Waals surface area (Å²) in [6.45, 7) is 0.647. The van der Waals surface area contributed by atoms with E-state index in [-0.39, 0.29) is 24.4 Å². The first-order chi connectivity index (χ1) is 11.5. The molecule has 0 unspecified atom stereocenters. The lowest BCUT2D eigenvalue weighted by Crippen LogP contribution is -2.43. The number of amides is 1. The van der Waals surface area contributed by atoms with Gasteiger partial charge in [0.05, 0.1) is 7.11 Å². The average molecular weight is 350 g/mol. The molecule has 126 valence electrons. The minimum absolute atomic E-state index is 0.239. The molecule has 0 saturated carbocycles. The summed E-state index contributed by atoms with van der Waals surface area (Å²) in [4.78, 5) is 22.0. The Morgan fingerprint density at radius 3 is 2.54 bits per heavy atom. The maximum atomic E-state index is 15.2. The zero-order valence-electron chi connectivity index (χ0n) is 13.2. The fourth-order valence-corrected chi connectivity index (χ4v) is 2.96. The van der Waals surface area contributed by atoms with Gasteiger partial charge in [0.1, 0.15) is 17.7 Å². The highest BCUT2D eigenvalue weighted by molar-refractivity contribution is 6.30. The van der Waals surface area contributed by atoms with Gasteiger partial charge in [-0.25, -0.2) is 14.4 Å². The lowest BCUT2D eigenvalue weighted by molar-refractivity contribution is 0.0416. The number of ether oxygens (including phenoxy) is 1. The molecule has 2 aromatic rings. The summed E-state index contributed by atoms with van der Waals surface area (Å²) in [5.41, 5.74) is -0.590. The lowest BCUT2D eigenvalue weighted by Gasteiger charge is -2.36. The molecule has 1 aliphatic heterocycles. The number of carbonyl (C=O) groups excluding carboxylic acids is 1. The topological polar surface area (TPSA) is 55.3 Å². The number of methoxy groups -OCH3 is 1. The summed E-state index contributed by atoms with van der Waals surface area (Å²) in [7, 11) is 1.47. The second kappa shape index (κ2) is 6.73. The van der Waals surface area contributed by atoms with Gasteiger partial charge in [-0.05, 0) is 17.7 Å². The Bertz CT molecular complexity index is 731. The van der Waals surface area contributed by atoms with E-state index in [1.807, 2.05) is 0 Å². The van der Waals surface area contributed by atoms with Crippen LogP contribution < -0.4 is 4.74 Å². The first-order valence-electron chi connectivity index (χ1n) is 7.62. The maximum absolute atomic E-state index is 15.2. The van der Waals surface area contributed by atoms with Gasteiger partial charge in [-0.3, -0.25) is 4.79 Å². The third-order valence-corrected chi connectivity index (χ3v) is 4.53. The molecule has 1 amide bonds. The molecule has 0 atom stereocenters. The van der Waals surface area contributed by atoms with Gasteiger partial charge in [0.15, 0.2) is 0 Å². The summed E-state index contributed by atoms with van der Waals surface area (Å²) in [6, 6.07) is 8.26.